The number of carbonyl (C=O) groups excluding carboxylic acids is 1. The Bertz CT molecular complexity index is 454. The Balaban J connectivity index is 1.99. The molecule has 0 aliphatic carbocycles. The van der Waals surface area contributed by atoms with E-state index >= 15 is 0 Å². The first-order valence-electron chi connectivity index (χ1n) is 7.59. The molecular formula is C14H25N5O2. The third-order valence-corrected chi connectivity index (χ3v) is 3.62. The molecule has 1 fully saturated rings. The SMILES string of the molecule is CC(C)Cc1nc(CN(CC(N)=O)C2CCNCC2)no1. The van der Waals surface area contributed by atoms with Gasteiger partial charge in [0.05, 0.1) is 13.1 Å². The predicted octanol–water partition coefficient (Wildman–Crippen LogP) is 0.307. The lowest BCUT2D eigenvalue weighted by molar-refractivity contribution is -0.120. The lowest BCUT2D eigenvalue weighted by Gasteiger charge is -2.32. The Morgan fingerprint density at radius 1 is 1.48 bits per heavy atom. The van der Waals surface area contributed by atoms with Gasteiger partial charge in [0.1, 0.15) is 0 Å². The van der Waals surface area contributed by atoms with Gasteiger partial charge in [-0.2, -0.15) is 4.98 Å². The van der Waals surface area contributed by atoms with Gasteiger partial charge in [0, 0.05) is 12.5 Å². The fourth-order valence-electron chi connectivity index (χ4n) is 2.65. The Morgan fingerprint density at radius 2 is 2.19 bits per heavy atom. The van der Waals surface area contributed by atoms with Gasteiger partial charge in [0.25, 0.3) is 0 Å². The first-order valence-corrected chi connectivity index (χ1v) is 7.59. The van der Waals surface area contributed by atoms with Crippen LogP contribution >= 0.6 is 0 Å². The number of hydrogen-bond donors (Lipinski definition) is 2. The Hall–Kier alpha value is -1.47. The van der Waals surface area contributed by atoms with Crippen molar-refractivity contribution in [2.75, 3.05) is 19.6 Å². The van der Waals surface area contributed by atoms with Crippen molar-refractivity contribution in [2.24, 2.45) is 11.7 Å². The average Bonchev–Trinajstić information content (AvgIpc) is 2.85. The molecule has 0 aromatic carbocycles. The predicted molar refractivity (Wildman–Crippen MR) is 78.3 cm³/mol. The summed E-state index contributed by atoms with van der Waals surface area (Å²) in [4.78, 5) is 17.8. The molecule has 1 saturated heterocycles. The summed E-state index contributed by atoms with van der Waals surface area (Å²) < 4.78 is 5.25. The van der Waals surface area contributed by atoms with Gasteiger partial charge in [0.2, 0.25) is 11.8 Å². The van der Waals surface area contributed by atoms with E-state index in [0.717, 1.165) is 32.4 Å². The van der Waals surface area contributed by atoms with Crippen molar-refractivity contribution in [3.63, 3.8) is 0 Å². The Labute approximate surface area is 125 Å². The summed E-state index contributed by atoms with van der Waals surface area (Å²) in [5, 5.41) is 7.34. The fourth-order valence-corrected chi connectivity index (χ4v) is 2.65. The minimum atomic E-state index is -0.320. The van der Waals surface area contributed by atoms with E-state index in [2.05, 4.69) is 34.2 Å². The highest BCUT2D eigenvalue weighted by Crippen LogP contribution is 2.15. The third kappa shape index (κ3) is 5.09. The third-order valence-electron chi connectivity index (χ3n) is 3.62. The summed E-state index contributed by atoms with van der Waals surface area (Å²) >= 11 is 0. The lowest BCUT2D eigenvalue weighted by atomic mass is 10.0. The molecule has 1 aromatic rings. The van der Waals surface area contributed by atoms with Crippen LogP contribution in [-0.2, 0) is 17.8 Å². The molecule has 0 spiro atoms. The second-order valence-corrected chi connectivity index (χ2v) is 6.05. The maximum atomic E-state index is 11.3. The van der Waals surface area contributed by atoms with E-state index in [1.807, 2.05) is 0 Å². The van der Waals surface area contributed by atoms with Crippen LogP contribution in [0.25, 0.3) is 0 Å². The van der Waals surface area contributed by atoms with Crippen LogP contribution in [0.15, 0.2) is 4.52 Å². The summed E-state index contributed by atoms with van der Waals surface area (Å²) in [6, 6.07) is 0.339. The number of nitrogens with one attached hydrogen (secondary N) is 1. The number of carbonyl (C=O) groups is 1. The lowest BCUT2D eigenvalue weighted by Crippen LogP contribution is -2.46. The van der Waals surface area contributed by atoms with E-state index < -0.39 is 0 Å². The Kier molecular flexibility index (Phi) is 5.69. The van der Waals surface area contributed by atoms with Crippen molar-refractivity contribution in [3.05, 3.63) is 11.7 Å². The maximum Gasteiger partial charge on any atom is 0.231 e. The Morgan fingerprint density at radius 3 is 2.81 bits per heavy atom. The van der Waals surface area contributed by atoms with Crippen LogP contribution in [0.1, 0.15) is 38.4 Å². The minimum Gasteiger partial charge on any atom is -0.369 e. The summed E-state index contributed by atoms with van der Waals surface area (Å²) in [5.74, 6) is 1.44. The summed E-state index contributed by atoms with van der Waals surface area (Å²) in [5.41, 5.74) is 5.36. The van der Waals surface area contributed by atoms with Gasteiger partial charge in [0.15, 0.2) is 5.82 Å². The first-order chi connectivity index (χ1) is 10.0. The van der Waals surface area contributed by atoms with Crippen LogP contribution in [0.2, 0.25) is 0 Å². The standard InChI is InChI=1S/C14H25N5O2/c1-10(2)7-14-17-13(18-21-14)9-19(8-12(15)20)11-3-5-16-6-4-11/h10-11,16H,3-9H2,1-2H3,(H2,15,20). The molecule has 1 amide bonds. The summed E-state index contributed by atoms with van der Waals surface area (Å²) in [7, 11) is 0. The number of nitrogens with two attached hydrogens (primary N) is 1. The van der Waals surface area contributed by atoms with Crippen LogP contribution in [0.4, 0.5) is 0 Å². The minimum absolute atomic E-state index is 0.235. The normalized spacial score (nSPS) is 16.8. The van der Waals surface area contributed by atoms with Crippen LogP contribution in [0.5, 0.6) is 0 Å². The molecule has 1 aromatic heterocycles. The second-order valence-electron chi connectivity index (χ2n) is 6.05. The molecule has 2 rings (SSSR count). The quantitative estimate of drug-likeness (QED) is 0.751. The number of nitrogens with zero attached hydrogens (tertiary/aromatic N) is 3. The van der Waals surface area contributed by atoms with Crippen molar-refractivity contribution in [1.29, 1.82) is 0 Å². The molecule has 0 atom stereocenters. The molecule has 21 heavy (non-hydrogen) atoms. The van der Waals surface area contributed by atoms with Gasteiger partial charge in [-0.15, -0.1) is 0 Å². The second kappa shape index (κ2) is 7.51. The topological polar surface area (TPSA) is 97.3 Å². The fraction of sp³-hybridized carbons (Fsp3) is 0.786. The van der Waals surface area contributed by atoms with Gasteiger partial charge in [-0.05, 0) is 31.8 Å². The van der Waals surface area contributed by atoms with Crippen LogP contribution in [-0.4, -0.2) is 46.6 Å². The van der Waals surface area contributed by atoms with Gasteiger partial charge in [-0.3, -0.25) is 9.69 Å². The zero-order valence-corrected chi connectivity index (χ0v) is 12.8. The van der Waals surface area contributed by atoms with Crippen molar-refractivity contribution in [1.82, 2.24) is 20.4 Å². The maximum absolute atomic E-state index is 11.3. The highest BCUT2D eigenvalue weighted by Gasteiger charge is 2.24. The van der Waals surface area contributed by atoms with Gasteiger partial charge >= 0.3 is 0 Å². The van der Waals surface area contributed by atoms with E-state index in [4.69, 9.17) is 10.3 Å². The van der Waals surface area contributed by atoms with E-state index in [1.165, 1.54) is 0 Å². The summed E-state index contributed by atoms with van der Waals surface area (Å²) in [6.45, 7) is 6.89. The molecule has 7 heteroatoms. The van der Waals surface area contributed by atoms with Crippen molar-refractivity contribution < 1.29 is 9.32 Å². The monoisotopic (exact) mass is 295 g/mol. The van der Waals surface area contributed by atoms with Gasteiger partial charge < -0.3 is 15.6 Å². The number of piperidine rings is 1. The molecule has 118 valence electrons. The van der Waals surface area contributed by atoms with E-state index in [0.29, 0.717) is 30.2 Å². The molecule has 0 unspecified atom stereocenters. The number of amides is 1. The summed E-state index contributed by atoms with van der Waals surface area (Å²) in [6.07, 6.45) is 2.78. The molecule has 0 saturated carbocycles. The largest absolute Gasteiger partial charge is 0.369 e. The molecule has 1 aliphatic heterocycles. The first kappa shape index (κ1) is 15.9. The van der Waals surface area contributed by atoms with Crippen molar-refractivity contribution in [2.45, 2.75) is 45.7 Å². The van der Waals surface area contributed by atoms with E-state index in [9.17, 15) is 4.79 Å². The number of rotatable bonds is 7. The number of aromatic nitrogens is 2. The van der Waals surface area contributed by atoms with Crippen LogP contribution in [0, 0.1) is 5.92 Å². The molecule has 1 aliphatic rings. The smallest absolute Gasteiger partial charge is 0.231 e. The van der Waals surface area contributed by atoms with Crippen LogP contribution < -0.4 is 11.1 Å². The molecular weight excluding hydrogens is 270 g/mol. The average molecular weight is 295 g/mol. The highest BCUT2D eigenvalue weighted by molar-refractivity contribution is 5.75. The molecule has 2 heterocycles. The highest BCUT2D eigenvalue weighted by atomic mass is 16.5. The van der Waals surface area contributed by atoms with E-state index in [-0.39, 0.29) is 12.5 Å². The zero-order valence-electron chi connectivity index (χ0n) is 12.8. The van der Waals surface area contributed by atoms with Crippen molar-refractivity contribution >= 4 is 5.91 Å². The van der Waals surface area contributed by atoms with E-state index in [1.54, 1.807) is 0 Å². The van der Waals surface area contributed by atoms with Gasteiger partial charge in [-0.1, -0.05) is 19.0 Å². The van der Waals surface area contributed by atoms with Crippen molar-refractivity contribution in [3.8, 4) is 0 Å². The molecule has 3 N–H and O–H groups in total. The molecule has 7 nitrogen and oxygen atoms in total. The molecule has 0 radical (unpaired) electrons. The zero-order chi connectivity index (χ0) is 15.2. The number of primary amides is 1. The van der Waals surface area contributed by atoms with Gasteiger partial charge in [-0.25, -0.2) is 0 Å². The number of hydrogen-bond acceptors (Lipinski definition) is 6. The molecule has 0 bridgehead atoms. The van der Waals surface area contributed by atoms with Crippen LogP contribution in [0.3, 0.4) is 0 Å².